The highest BCUT2D eigenvalue weighted by atomic mass is 16.5. The predicted octanol–water partition coefficient (Wildman–Crippen LogP) is 0.256. The summed E-state index contributed by atoms with van der Waals surface area (Å²) < 4.78 is 13.3. The predicted molar refractivity (Wildman–Crippen MR) is 77.9 cm³/mol. The summed E-state index contributed by atoms with van der Waals surface area (Å²) in [6.07, 6.45) is 1.64. The molecule has 2 fully saturated rings. The highest BCUT2D eigenvalue weighted by Gasteiger charge is 2.35. The highest BCUT2D eigenvalue weighted by molar-refractivity contribution is 5.82. The highest BCUT2D eigenvalue weighted by Crippen LogP contribution is 2.25. The van der Waals surface area contributed by atoms with Gasteiger partial charge in [-0.2, -0.15) is 0 Å². The van der Waals surface area contributed by atoms with Gasteiger partial charge in [0.05, 0.1) is 25.9 Å². The average Bonchev–Trinajstić information content (AvgIpc) is 2.92. The molecule has 0 radical (unpaired) electrons. The lowest BCUT2D eigenvalue weighted by Crippen LogP contribution is -2.53. The van der Waals surface area contributed by atoms with Crippen molar-refractivity contribution in [1.29, 1.82) is 0 Å². The van der Waals surface area contributed by atoms with Crippen molar-refractivity contribution in [3.63, 3.8) is 0 Å². The van der Waals surface area contributed by atoms with Crippen molar-refractivity contribution < 1.29 is 14.3 Å². The van der Waals surface area contributed by atoms with Crippen molar-refractivity contribution in [3.8, 4) is 0 Å². The van der Waals surface area contributed by atoms with Crippen molar-refractivity contribution in [2.75, 3.05) is 46.5 Å². The van der Waals surface area contributed by atoms with Gasteiger partial charge in [-0.05, 0) is 19.2 Å². The number of rotatable bonds is 2. The molecule has 6 nitrogen and oxygen atoms in total. The van der Waals surface area contributed by atoms with Gasteiger partial charge in [0.1, 0.15) is 6.10 Å². The summed E-state index contributed by atoms with van der Waals surface area (Å²) in [5.74, 6) is 0.0797. The van der Waals surface area contributed by atoms with E-state index in [2.05, 4.69) is 4.90 Å². The van der Waals surface area contributed by atoms with E-state index in [0.29, 0.717) is 32.9 Å². The first-order chi connectivity index (χ1) is 10.2. The zero-order valence-corrected chi connectivity index (χ0v) is 12.7. The van der Waals surface area contributed by atoms with E-state index in [1.165, 1.54) is 0 Å². The Kier molecular flexibility index (Phi) is 4.28. The Morgan fingerprint density at radius 2 is 2.14 bits per heavy atom. The molecule has 2 atom stereocenters. The minimum absolute atomic E-state index is 0.0258. The Bertz CT molecular complexity index is 502. The molecule has 0 saturated carbocycles. The van der Waals surface area contributed by atoms with Crippen LogP contribution in [0.3, 0.4) is 0 Å². The Labute approximate surface area is 125 Å². The third kappa shape index (κ3) is 2.97. The first-order valence-corrected chi connectivity index (χ1v) is 7.46. The minimum Gasteiger partial charge on any atom is -0.377 e. The SMILES string of the molecule is CN1CCO[C@@H](C(=O)N2CCOC[C@H]2c2cccn2C)C1. The van der Waals surface area contributed by atoms with Crippen LogP contribution in [0.2, 0.25) is 0 Å². The molecule has 116 valence electrons. The Morgan fingerprint density at radius 3 is 2.86 bits per heavy atom. The minimum atomic E-state index is -0.357. The first kappa shape index (κ1) is 14.6. The molecule has 0 aromatic carbocycles. The summed E-state index contributed by atoms with van der Waals surface area (Å²) in [5, 5.41) is 0. The number of carbonyl (C=O) groups excluding carboxylic acids is 1. The van der Waals surface area contributed by atoms with Gasteiger partial charge in [-0.15, -0.1) is 0 Å². The van der Waals surface area contributed by atoms with Crippen LogP contribution in [-0.4, -0.2) is 72.9 Å². The first-order valence-electron chi connectivity index (χ1n) is 7.46. The number of hydrogen-bond donors (Lipinski definition) is 0. The summed E-state index contributed by atoms with van der Waals surface area (Å²) in [4.78, 5) is 16.9. The van der Waals surface area contributed by atoms with Gasteiger partial charge < -0.3 is 23.8 Å². The van der Waals surface area contributed by atoms with Gasteiger partial charge in [0, 0.05) is 38.6 Å². The van der Waals surface area contributed by atoms with Crippen LogP contribution >= 0.6 is 0 Å². The zero-order chi connectivity index (χ0) is 14.8. The molecule has 1 amide bonds. The lowest BCUT2D eigenvalue weighted by atomic mass is 10.1. The molecule has 0 N–H and O–H groups in total. The smallest absolute Gasteiger partial charge is 0.253 e. The molecule has 6 heteroatoms. The number of carbonyl (C=O) groups is 1. The summed E-state index contributed by atoms with van der Waals surface area (Å²) in [6, 6.07) is 4.02. The maximum absolute atomic E-state index is 12.8. The molecule has 3 heterocycles. The van der Waals surface area contributed by atoms with Gasteiger partial charge in [0.15, 0.2) is 0 Å². The molecule has 0 unspecified atom stereocenters. The molecule has 1 aromatic rings. The third-order valence-corrected chi connectivity index (χ3v) is 4.28. The zero-order valence-electron chi connectivity index (χ0n) is 12.7. The number of nitrogens with zero attached hydrogens (tertiary/aromatic N) is 3. The standard InChI is InChI=1S/C15H23N3O3/c1-16-6-9-21-14(10-16)15(19)18-7-8-20-11-13(18)12-4-3-5-17(12)2/h3-5,13-14H,6-11H2,1-2H3/t13-,14+/m0/s1. The number of morpholine rings is 2. The van der Waals surface area contributed by atoms with Crippen LogP contribution in [-0.2, 0) is 21.3 Å². The molecular formula is C15H23N3O3. The lowest BCUT2D eigenvalue weighted by molar-refractivity contribution is -0.157. The maximum atomic E-state index is 12.8. The second-order valence-corrected chi connectivity index (χ2v) is 5.79. The third-order valence-electron chi connectivity index (χ3n) is 4.28. The van der Waals surface area contributed by atoms with E-state index in [9.17, 15) is 4.79 Å². The molecule has 2 saturated heterocycles. The van der Waals surface area contributed by atoms with E-state index in [1.807, 2.05) is 41.9 Å². The number of aryl methyl sites for hydroxylation is 1. The Balaban J connectivity index is 1.77. The van der Waals surface area contributed by atoms with Crippen molar-refractivity contribution in [2.24, 2.45) is 7.05 Å². The summed E-state index contributed by atoms with van der Waals surface area (Å²) in [5.41, 5.74) is 1.10. The van der Waals surface area contributed by atoms with Crippen molar-refractivity contribution in [1.82, 2.24) is 14.4 Å². The summed E-state index contributed by atoms with van der Waals surface area (Å²) in [6.45, 7) is 3.93. The van der Waals surface area contributed by atoms with Gasteiger partial charge in [0.25, 0.3) is 5.91 Å². The fourth-order valence-electron chi connectivity index (χ4n) is 3.05. The van der Waals surface area contributed by atoms with Gasteiger partial charge >= 0.3 is 0 Å². The van der Waals surface area contributed by atoms with E-state index in [0.717, 1.165) is 12.2 Å². The molecule has 1 aromatic heterocycles. The monoisotopic (exact) mass is 293 g/mol. The quantitative estimate of drug-likeness (QED) is 0.784. The van der Waals surface area contributed by atoms with Gasteiger partial charge in [-0.25, -0.2) is 0 Å². The average molecular weight is 293 g/mol. The van der Waals surface area contributed by atoms with Gasteiger partial charge in [0.2, 0.25) is 0 Å². The van der Waals surface area contributed by atoms with E-state index < -0.39 is 0 Å². The van der Waals surface area contributed by atoms with Crippen LogP contribution in [0, 0.1) is 0 Å². The lowest BCUT2D eigenvalue weighted by Gasteiger charge is -2.39. The van der Waals surface area contributed by atoms with E-state index in [4.69, 9.17) is 9.47 Å². The normalized spacial score (nSPS) is 27.8. The van der Waals surface area contributed by atoms with Crippen LogP contribution in [0.25, 0.3) is 0 Å². The second-order valence-electron chi connectivity index (χ2n) is 5.79. The van der Waals surface area contributed by atoms with Crippen molar-refractivity contribution in [2.45, 2.75) is 12.1 Å². The number of likely N-dealkylation sites (N-methyl/N-ethyl adjacent to an activating group) is 1. The van der Waals surface area contributed by atoms with Crippen LogP contribution in [0.5, 0.6) is 0 Å². The number of amides is 1. The van der Waals surface area contributed by atoms with E-state index >= 15 is 0 Å². The molecule has 3 rings (SSSR count). The number of ether oxygens (including phenoxy) is 2. The summed E-state index contributed by atoms with van der Waals surface area (Å²) in [7, 11) is 4.02. The van der Waals surface area contributed by atoms with Crippen molar-refractivity contribution >= 4 is 5.91 Å². The fraction of sp³-hybridized carbons (Fsp3) is 0.667. The molecule has 21 heavy (non-hydrogen) atoms. The molecule has 0 aliphatic carbocycles. The van der Waals surface area contributed by atoms with E-state index in [-0.39, 0.29) is 18.1 Å². The van der Waals surface area contributed by atoms with Gasteiger partial charge in [-0.1, -0.05) is 0 Å². The Morgan fingerprint density at radius 1 is 1.29 bits per heavy atom. The Hall–Kier alpha value is -1.37. The molecule has 2 aliphatic heterocycles. The largest absolute Gasteiger partial charge is 0.377 e. The number of hydrogen-bond acceptors (Lipinski definition) is 4. The van der Waals surface area contributed by atoms with Crippen LogP contribution in [0.15, 0.2) is 18.3 Å². The number of aromatic nitrogens is 1. The van der Waals surface area contributed by atoms with Crippen molar-refractivity contribution in [3.05, 3.63) is 24.0 Å². The molecule has 2 aliphatic rings. The summed E-state index contributed by atoms with van der Waals surface area (Å²) >= 11 is 0. The van der Waals surface area contributed by atoms with Crippen LogP contribution in [0.4, 0.5) is 0 Å². The van der Waals surface area contributed by atoms with Gasteiger partial charge in [-0.3, -0.25) is 4.79 Å². The topological polar surface area (TPSA) is 46.9 Å². The maximum Gasteiger partial charge on any atom is 0.253 e. The van der Waals surface area contributed by atoms with Crippen LogP contribution in [0.1, 0.15) is 11.7 Å². The second kappa shape index (κ2) is 6.17. The molecule has 0 spiro atoms. The molecule has 0 bridgehead atoms. The molecular weight excluding hydrogens is 270 g/mol. The fourth-order valence-corrected chi connectivity index (χ4v) is 3.05. The van der Waals surface area contributed by atoms with Crippen LogP contribution < -0.4 is 0 Å². The van der Waals surface area contributed by atoms with E-state index in [1.54, 1.807) is 0 Å².